The third kappa shape index (κ3) is 3.92. The first-order chi connectivity index (χ1) is 11.6. The predicted molar refractivity (Wildman–Crippen MR) is 99.0 cm³/mol. The number of rotatable bonds is 7. The van der Waals surface area contributed by atoms with Crippen molar-refractivity contribution in [3.8, 4) is 5.69 Å². The third-order valence-electron chi connectivity index (χ3n) is 4.09. The number of hydrogen-bond acceptors (Lipinski definition) is 4. The van der Waals surface area contributed by atoms with Crippen molar-refractivity contribution >= 4 is 35.0 Å². The smallest absolute Gasteiger partial charge is 0.230 e. The Hall–Kier alpha value is -1.53. The van der Waals surface area contributed by atoms with Gasteiger partial charge in [-0.25, -0.2) is 4.68 Å². The molecule has 24 heavy (non-hydrogen) atoms. The molecule has 1 fully saturated rings. The fourth-order valence-electron chi connectivity index (χ4n) is 2.60. The van der Waals surface area contributed by atoms with Gasteiger partial charge in [-0.3, -0.25) is 9.78 Å². The van der Waals surface area contributed by atoms with Gasteiger partial charge in [0.05, 0.1) is 18.1 Å². The van der Waals surface area contributed by atoms with Gasteiger partial charge in [0.1, 0.15) is 5.69 Å². The largest absolute Gasteiger partial charge is 0.308 e. The number of halogens is 1. The van der Waals surface area contributed by atoms with E-state index in [2.05, 4.69) is 10.1 Å². The molecule has 7 heteroatoms. The summed E-state index contributed by atoms with van der Waals surface area (Å²) in [5, 5.41) is 4.71. The second kappa shape index (κ2) is 7.57. The van der Waals surface area contributed by atoms with Crippen molar-refractivity contribution < 1.29 is 4.79 Å². The van der Waals surface area contributed by atoms with Crippen LogP contribution in [0.2, 0.25) is 5.15 Å². The molecule has 0 bridgehead atoms. The van der Waals surface area contributed by atoms with Gasteiger partial charge >= 0.3 is 0 Å². The van der Waals surface area contributed by atoms with Crippen LogP contribution in [0.1, 0.15) is 19.8 Å². The standard InChI is InChI=1S/C17H21ClN4OS/c1-12(11-24-2)17(23)21(9-13-5-6-13)15-10-22(20-16(15)18)14-4-3-7-19-8-14/h3-4,7-8,10,12-13H,5-6,9,11H2,1-2H3. The van der Waals surface area contributed by atoms with Gasteiger partial charge in [0.2, 0.25) is 5.91 Å². The van der Waals surface area contributed by atoms with Gasteiger partial charge in [-0.15, -0.1) is 0 Å². The number of amides is 1. The lowest BCUT2D eigenvalue weighted by Gasteiger charge is -2.24. The van der Waals surface area contributed by atoms with Gasteiger partial charge in [-0.2, -0.15) is 16.9 Å². The van der Waals surface area contributed by atoms with E-state index in [0.29, 0.717) is 16.8 Å². The Morgan fingerprint density at radius 2 is 2.33 bits per heavy atom. The highest BCUT2D eigenvalue weighted by Gasteiger charge is 2.31. The summed E-state index contributed by atoms with van der Waals surface area (Å²) in [6.07, 6.45) is 9.62. The zero-order valence-electron chi connectivity index (χ0n) is 13.9. The zero-order valence-corrected chi connectivity index (χ0v) is 15.4. The average Bonchev–Trinajstić information content (AvgIpc) is 3.33. The Kier molecular flexibility index (Phi) is 5.46. The van der Waals surface area contributed by atoms with Gasteiger partial charge in [-0.05, 0) is 37.1 Å². The highest BCUT2D eigenvalue weighted by molar-refractivity contribution is 7.98. The van der Waals surface area contributed by atoms with Gasteiger partial charge in [0.25, 0.3) is 0 Å². The van der Waals surface area contributed by atoms with Crippen molar-refractivity contribution in [2.75, 3.05) is 23.5 Å². The summed E-state index contributed by atoms with van der Waals surface area (Å²) in [5.41, 5.74) is 1.51. The molecule has 3 rings (SSSR count). The van der Waals surface area contributed by atoms with Crippen LogP contribution in [0, 0.1) is 11.8 Å². The zero-order chi connectivity index (χ0) is 17.1. The number of pyridine rings is 1. The second-order valence-corrected chi connectivity index (χ2v) is 7.48. The number of thioether (sulfide) groups is 1. The van der Waals surface area contributed by atoms with Crippen molar-refractivity contribution in [1.82, 2.24) is 14.8 Å². The van der Waals surface area contributed by atoms with E-state index in [1.54, 1.807) is 28.8 Å². The molecular weight excluding hydrogens is 344 g/mol. The van der Waals surface area contributed by atoms with Crippen LogP contribution in [-0.4, -0.2) is 39.2 Å². The SMILES string of the molecule is CSCC(C)C(=O)N(CC1CC1)c1cn(-c2cccnc2)nc1Cl. The first-order valence-electron chi connectivity index (χ1n) is 8.06. The van der Waals surface area contributed by atoms with Crippen molar-refractivity contribution in [2.24, 2.45) is 11.8 Å². The molecule has 0 aromatic carbocycles. The number of hydrogen-bond donors (Lipinski definition) is 0. The molecule has 1 amide bonds. The Labute approximate surface area is 151 Å². The monoisotopic (exact) mass is 364 g/mol. The van der Waals surface area contributed by atoms with Crippen molar-refractivity contribution in [1.29, 1.82) is 0 Å². The van der Waals surface area contributed by atoms with Crippen LogP contribution < -0.4 is 4.90 Å². The van der Waals surface area contributed by atoms with E-state index in [1.165, 1.54) is 12.8 Å². The molecule has 1 aliphatic carbocycles. The van der Waals surface area contributed by atoms with E-state index in [4.69, 9.17) is 11.6 Å². The summed E-state index contributed by atoms with van der Waals surface area (Å²) < 4.78 is 1.68. The number of nitrogens with zero attached hydrogens (tertiary/aromatic N) is 4. The maximum absolute atomic E-state index is 12.9. The van der Waals surface area contributed by atoms with Crippen LogP contribution in [0.25, 0.3) is 5.69 Å². The molecule has 2 aromatic rings. The normalized spacial score (nSPS) is 15.3. The third-order valence-corrected chi connectivity index (χ3v) is 5.20. The minimum absolute atomic E-state index is 0.0449. The lowest BCUT2D eigenvalue weighted by molar-refractivity contribution is -0.121. The van der Waals surface area contributed by atoms with E-state index in [-0.39, 0.29) is 11.8 Å². The number of aromatic nitrogens is 3. The second-order valence-electron chi connectivity index (χ2n) is 6.21. The first-order valence-corrected chi connectivity index (χ1v) is 9.83. The lowest BCUT2D eigenvalue weighted by Crippen LogP contribution is -2.37. The maximum atomic E-state index is 12.9. The summed E-state index contributed by atoms with van der Waals surface area (Å²) in [7, 11) is 0. The van der Waals surface area contributed by atoms with Gasteiger partial charge < -0.3 is 4.90 Å². The maximum Gasteiger partial charge on any atom is 0.230 e. The molecule has 1 aliphatic rings. The molecule has 0 spiro atoms. The number of carbonyl (C=O) groups is 1. The van der Waals surface area contributed by atoms with E-state index >= 15 is 0 Å². The molecular formula is C17H21ClN4OS. The van der Waals surface area contributed by atoms with Crippen molar-refractivity contribution in [3.63, 3.8) is 0 Å². The van der Waals surface area contributed by atoms with Crippen molar-refractivity contribution in [2.45, 2.75) is 19.8 Å². The highest BCUT2D eigenvalue weighted by Crippen LogP contribution is 2.34. The minimum atomic E-state index is -0.0449. The van der Waals surface area contributed by atoms with Crippen LogP contribution in [0.5, 0.6) is 0 Å². The molecule has 1 saturated carbocycles. The summed E-state index contributed by atoms with van der Waals surface area (Å²) in [5.74, 6) is 1.45. The van der Waals surface area contributed by atoms with Gasteiger partial charge in [0, 0.05) is 24.4 Å². The number of carbonyl (C=O) groups excluding carboxylic acids is 1. The van der Waals surface area contributed by atoms with E-state index in [0.717, 1.165) is 18.0 Å². The summed E-state index contributed by atoms with van der Waals surface area (Å²) in [6, 6.07) is 3.75. The molecule has 1 unspecified atom stereocenters. The Morgan fingerprint density at radius 3 is 2.96 bits per heavy atom. The first kappa shape index (κ1) is 17.3. The fourth-order valence-corrected chi connectivity index (χ4v) is 3.47. The lowest BCUT2D eigenvalue weighted by atomic mass is 10.1. The highest BCUT2D eigenvalue weighted by atomic mass is 35.5. The van der Waals surface area contributed by atoms with E-state index in [9.17, 15) is 4.79 Å². The molecule has 2 heterocycles. The molecule has 0 saturated heterocycles. The van der Waals surface area contributed by atoms with Gasteiger partial charge in [0.15, 0.2) is 5.15 Å². The van der Waals surface area contributed by atoms with Crippen LogP contribution >= 0.6 is 23.4 Å². The van der Waals surface area contributed by atoms with Gasteiger partial charge in [-0.1, -0.05) is 18.5 Å². The Balaban J connectivity index is 1.89. The Bertz CT molecular complexity index is 702. The molecule has 1 atom stereocenters. The Morgan fingerprint density at radius 1 is 1.54 bits per heavy atom. The van der Waals surface area contributed by atoms with Crippen LogP contribution in [0.4, 0.5) is 5.69 Å². The van der Waals surface area contributed by atoms with E-state index in [1.807, 2.05) is 36.4 Å². The fraction of sp³-hybridized carbons (Fsp3) is 0.471. The molecule has 0 aliphatic heterocycles. The summed E-state index contributed by atoms with van der Waals surface area (Å²) >= 11 is 8.05. The topological polar surface area (TPSA) is 51.0 Å². The number of anilines is 1. The van der Waals surface area contributed by atoms with Crippen LogP contribution in [-0.2, 0) is 4.79 Å². The average molecular weight is 365 g/mol. The molecule has 0 radical (unpaired) electrons. The molecule has 5 nitrogen and oxygen atoms in total. The quantitative estimate of drug-likeness (QED) is 0.752. The van der Waals surface area contributed by atoms with Crippen LogP contribution in [0.15, 0.2) is 30.7 Å². The molecule has 2 aromatic heterocycles. The molecule has 0 N–H and O–H groups in total. The predicted octanol–water partition coefficient (Wildman–Crippen LogP) is 3.66. The van der Waals surface area contributed by atoms with E-state index < -0.39 is 0 Å². The van der Waals surface area contributed by atoms with Crippen molar-refractivity contribution in [3.05, 3.63) is 35.9 Å². The minimum Gasteiger partial charge on any atom is -0.308 e. The molecule has 128 valence electrons. The summed E-state index contributed by atoms with van der Waals surface area (Å²) in [6.45, 7) is 2.69. The summed E-state index contributed by atoms with van der Waals surface area (Å²) in [4.78, 5) is 18.8. The van der Waals surface area contributed by atoms with Crippen LogP contribution in [0.3, 0.4) is 0 Å².